The number of nitrogens with zero attached hydrogens (tertiary/aromatic N) is 3. The molecule has 2 aliphatic heterocycles. The van der Waals surface area contributed by atoms with Gasteiger partial charge in [0.25, 0.3) is 21.9 Å². The summed E-state index contributed by atoms with van der Waals surface area (Å²) in [5.41, 5.74) is -1.32. The zero-order chi connectivity index (χ0) is 49.7. The van der Waals surface area contributed by atoms with Crippen LogP contribution < -0.4 is 4.90 Å². The molecule has 366 valence electrons. The van der Waals surface area contributed by atoms with E-state index in [2.05, 4.69) is 22.6 Å². The summed E-state index contributed by atoms with van der Waals surface area (Å²) in [6.45, 7) is 11.9. The van der Waals surface area contributed by atoms with Crippen LogP contribution in [0.15, 0.2) is 75.1 Å². The van der Waals surface area contributed by atoms with E-state index in [1.807, 2.05) is 39.5 Å². The number of carbonyl (C=O) groups excluding carboxylic acids is 3. The van der Waals surface area contributed by atoms with Gasteiger partial charge in [0, 0.05) is 83.9 Å². The van der Waals surface area contributed by atoms with Crippen molar-refractivity contribution >= 4 is 82.1 Å². The van der Waals surface area contributed by atoms with Crippen LogP contribution in [-0.2, 0) is 69.9 Å². The van der Waals surface area contributed by atoms with Crippen molar-refractivity contribution < 1.29 is 67.6 Å². The largest absolute Gasteiger partial charge is 0.748 e. The zero-order valence-corrected chi connectivity index (χ0v) is 42.9. The lowest BCUT2D eigenvalue weighted by Crippen LogP contribution is -2.38. The third kappa shape index (κ3) is 14.0. The first kappa shape index (κ1) is 55.0. The lowest BCUT2D eigenvalue weighted by atomic mass is 9.73. The Bertz CT molecular complexity index is 2600. The van der Waals surface area contributed by atoms with Crippen LogP contribution in [0.5, 0.6) is 0 Å². The number of halogens is 1. The van der Waals surface area contributed by atoms with Crippen LogP contribution in [0.1, 0.15) is 104 Å². The van der Waals surface area contributed by atoms with Crippen LogP contribution in [-0.4, -0.2) is 113 Å². The second kappa shape index (κ2) is 21.3. The molecule has 2 unspecified atom stereocenters. The molecule has 2 aromatic rings. The number of aliphatic imine (C=N–C) groups is 1. The molecule has 2 aliphatic rings. The minimum Gasteiger partial charge on any atom is -0.748 e. The van der Waals surface area contributed by atoms with Gasteiger partial charge in [-0.2, -0.15) is 8.42 Å². The van der Waals surface area contributed by atoms with Crippen LogP contribution in [0.4, 0.5) is 5.69 Å². The molecule has 1 saturated heterocycles. The Hall–Kier alpha value is -3.62. The van der Waals surface area contributed by atoms with Crippen molar-refractivity contribution in [1.82, 2.24) is 5.06 Å². The summed E-state index contributed by atoms with van der Waals surface area (Å²) in [5.74, 6) is -2.61. The maximum atomic E-state index is 12.8. The average Bonchev–Trinajstić information content (AvgIpc) is 3.63. The van der Waals surface area contributed by atoms with Gasteiger partial charge in [0.15, 0.2) is 0 Å². The van der Waals surface area contributed by atoms with E-state index in [-0.39, 0.29) is 69.6 Å². The van der Waals surface area contributed by atoms with Gasteiger partial charge in [-0.1, -0.05) is 19.9 Å². The van der Waals surface area contributed by atoms with Crippen molar-refractivity contribution in [1.29, 1.82) is 0 Å². The third-order valence-electron chi connectivity index (χ3n) is 11.8. The summed E-state index contributed by atoms with van der Waals surface area (Å²) in [6.07, 6.45) is 5.88. The number of allylic oxidation sites excluding steroid dienone is 4. The molecule has 1 N–H and O–H groups in total. The Balaban J connectivity index is 1.92. The molecular weight excluding hydrogens is 1030 g/mol. The number of benzene rings is 2. The molecule has 0 radical (unpaired) electrons. The minimum absolute atomic E-state index is 0.0377. The molecule has 0 aliphatic carbocycles. The van der Waals surface area contributed by atoms with Crippen molar-refractivity contribution in [3.05, 3.63) is 75.0 Å². The number of methoxy groups -OCH3 is 2. The third-order valence-corrected chi connectivity index (χ3v) is 15.2. The number of rotatable bonds is 23. The van der Waals surface area contributed by atoms with Crippen LogP contribution in [0.3, 0.4) is 0 Å². The van der Waals surface area contributed by atoms with E-state index in [0.29, 0.717) is 43.3 Å². The highest BCUT2D eigenvalue weighted by Crippen LogP contribution is 2.51. The molecule has 18 nitrogen and oxygen atoms in total. The fourth-order valence-electron chi connectivity index (χ4n) is 8.72. The molecule has 0 spiro atoms. The van der Waals surface area contributed by atoms with Crippen molar-refractivity contribution in [2.75, 3.05) is 44.6 Å². The van der Waals surface area contributed by atoms with Gasteiger partial charge >= 0.3 is 5.97 Å². The Labute approximate surface area is 401 Å². The number of anilines is 1. The van der Waals surface area contributed by atoms with Gasteiger partial charge in [0.05, 0.1) is 32.1 Å². The number of hydrogen-bond acceptors (Lipinski definition) is 16. The summed E-state index contributed by atoms with van der Waals surface area (Å²) in [7, 11) is -11.2. The van der Waals surface area contributed by atoms with Gasteiger partial charge in [-0.05, 0) is 147 Å². The topological polar surface area (TPSA) is 267 Å². The SMILES string of the molecule is COCCN1/C(=C/C=C/C(=NC(C)(C)CC(C)(C)CCC(=O)ON2C(=O)CCC2=O)C(C)(CCOC)c2cc(S(=O)(=O)O)ccc2I)C(C)(CCCS(=O)(=O)[O-])c2cc(S(=O)(=O)[O-])ccc21. The fraction of sp³-hybridized carbons (Fsp3) is 0.545. The molecule has 2 aromatic carbocycles. The molecule has 2 atom stereocenters. The number of amides is 2. The Morgan fingerprint density at radius 3 is 2.12 bits per heavy atom. The highest BCUT2D eigenvalue weighted by molar-refractivity contribution is 14.1. The van der Waals surface area contributed by atoms with Gasteiger partial charge in [-0.25, -0.2) is 21.6 Å². The quantitative estimate of drug-likeness (QED) is 0.0583. The molecule has 0 bridgehead atoms. The molecule has 22 heteroatoms. The van der Waals surface area contributed by atoms with Crippen LogP contribution in [0, 0.1) is 8.99 Å². The average molecular weight is 1090 g/mol. The van der Waals surface area contributed by atoms with E-state index in [1.54, 1.807) is 31.2 Å². The second-order valence-electron chi connectivity index (χ2n) is 18.3. The second-order valence-corrected chi connectivity index (χ2v) is 23.8. The minimum atomic E-state index is -4.91. The van der Waals surface area contributed by atoms with Crippen molar-refractivity contribution in [3.63, 3.8) is 0 Å². The first-order valence-electron chi connectivity index (χ1n) is 21.0. The van der Waals surface area contributed by atoms with Gasteiger partial charge in [-0.15, -0.1) is 5.06 Å². The monoisotopic (exact) mass is 1090 g/mol. The van der Waals surface area contributed by atoms with Crippen LogP contribution >= 0.6 is 22.6 Å². The number of hydroxylamine groups is 2. The lowest BCUT2D eigenvalue weighted by Gasteiger charge is -2.37. The molecule has 0 saturated carbocycles. The van der Waals surface area contributed by atoms with Gasteiger partial charge in [-0.3, -0.25) is 19.1 Å². The molecule has 0 aromatic heterocycles. The molecule has 2 amide bonds. The van der Waals surface area contributed by atoms with Gasteiger partial charge < -0.3 is 28.3 Å². The molecular formula is C44H58IN3O15S3-2. The Kier molecular flexibility index (Phi) is 17.8. The predicted molar refractivity (Wildman–Crippen MR) is 251 cm³/mol. The van der Waals surface area contributed by atoms with Gasteiger partial charge in [0.1, 0.15) is 10.1 Å². The first-order chi connectivity index (χ1) is 30.4. The van der Waals surface area contributed by atoms with E-state index >= 15 is 0 Å². The number of fused-ring (bicyclic) bond motifs is 1. The summed E-state index contributed by atoms with van der Waals surface area (Å²) in [4.78, 5) is 48.4. The van der Waals surface area contributed by atoms with E-state index in [1.165, 1.54) is 44.6 Å². The van der Waals surface area contributed by atoms with Crippen molar-refractivity contribution in [3.8, 4) is 0 Å². The van der Waals surface area contributed by atoms with E-state index in [9.17, 15) is 53.3 Å². The maximum Gasteiger partial charge on any atom is 0.333 e. The smallest absolute Gasteiger partial charge is 0.333 e. The highest BCUT2D eigenvalue weighted by Gasteiger charge is 2.44. The Morgan fingerprint density at radius 1 is 0.924 bits per heavy atom. The number of carbonyl (C=O) groups is 3. The zero-order valence-electron chi connectivity index (χ0n) is 38.3. The molecule has 1 fully saturated rings. The lowest BCUT2D eigenvalue weighted by molar-refractivity contribution is -0.197. The normalized spacial score (nSPS) is 19.3. The fourth-order valence-corrected chi connectivity index (χ4v) is 11.1. The molecule has 66 heavy (non-hydrogen) atoms. The molecule has 4 rings (SSSR count). The summed E-state index contributed by atoms with van der Waals surface area (Å²) < 4.78 is 119. The van der Waals surface area contributed by atoms with Crippen molar-refractivity contribution in [2.45, 2.75) is 119 Å². The number of imide groups is 1. The van der Waals surface area contributed by atoms with E-state index in [0.717, 1.165) is 0 Å². The Morgan fingerprint density at radius 2 is 1.55 bits per heavy atom. The first-order valence-corrected chi connectivity index (χ1v) is 26.5. The summed E-state index contributed by atoms with van der Waals surface area (Å²) in [6, 6.07) is 8.20. The van der Waals surface area contributed by atoms with Crippen LogP contribution in [0.25, 0.3) is 0 Å². The van der Waals surface area contributed by atoms with Crippen LogP contribution in [0.2, 0.25) is 0 Å². The van der Waals surface area contributed by atoms with E-state index < -0.39 is 80.6 Å². The predicted octanol–water partition coefficient (Wildman–Crippen LogP) is 5.95. The summed E-state index contributed by atoms with van der Waals surface area (Å²) in [5, 5.41) is 0.506. The van der Waals surface area contributed by atoms with E-state index in [4.69, 9.17) is 19.3 Å². The number of hydrogen-bond donors (Lipinski definition) is 1. The maximum absolute atomic E-state index is 12.8. The van der Waals surface area contributed by atoms with Gasteiger partial charge in [0.2, 0.25) is 0 Å². The summed E-state index contributed by atoms with van der Waals surface area (Å²) >= 11 is 2.08. The standard InChI is InChI=1S/C44H60IN3O15S3/c1-41(2,21-19-40(51)63-48-38(49)17-18-39(48)50)29-42(3,4)46-36(43(5,22-24-61-7)32-27-30(65(55,56)57)13-15-34(32)45)11-9-12-37-44(6,20-10-26-64(52,53)54)33-28-31(66(58,59)60)14-16-35(33)47(37)23-25-62-8/h9,11-16,27-28H,10,17-26,29H2,1-8H3,(H,52,53,54)(H,55,56,57)(H,58,59,60)/p-2/b11-9+,37-12+,46-36?. The number of ether oxygens (including phenoxy) is 2. The highest BCUT2D eigenvalue weighted by atomic mass is 127. The van der Waals surface area contributed by atoms with Crippen molar-refractivity contribution in [2.24, 2.45) is 10.4 Å². The molecule has 2 heterocycles.